The van der Waals surface area contributed by atoms with Crippen molar-refractivity contribution in [1.29, 1.82) is 0 Å². The number of aromatic nitrogens is 2. The number of methoxy groups -OCH3 is 1. The maximum Gasteiger partial charge on any atom is 0.259 e. The van der Waals surface area contributed by atoms with Gasteiger partial charge in [0.25, 0.3) is 11.6 Å². The molecule has 7 heteroatoms. The number of pyridine rings is 1. The smallest absolute Gasteiger partial charge is 0.259 e. The molecule has 2 aromatic heterocycles. The van der Waals surface area contributed by atoms with Crippen LogP contribution in [0.15, 0.2) is 10.6 Å². The van der Waals surface area contributed by atoms with E-state index in [0.29, 0.717) is 30.3 Å². The Morgan fingerprint density at radius 3 is 2.79 bits per heavy atom. The lowest BCUT2D eigenvalue weighted by Gasteiger charge is -2.37. The summed E-state index contributed by atoms with van der Waals surface area (Å²) in [7, 11) is 1.73. The van der Waals surface area contributed by atoms with Crippen molar-refractivity contribution < 1.29 is 14.1 Å². The Balaban J connectivity index is 1.63. The molecule has 0 unspecified atom stereocenters. The average molecular weight is 386 g/mol. The number of ether oxygens (including phenoxy) is 1. The van der Waals surface area contributed by atoms with Crippen LogP contribution in [0.3, 0.4) is 0 Å². The van der Waals surface area contributed by atoms with Crippen molar-refractivity contribution in [2.75, 3.05) is 33.4 Å². The van der Waals surface area contributed by atoms with Crippen molar-refractivity contribution in [3.05, 3.63) is 23.0 Å². The lowest BCUT2D eigenvalue weighted by atomic mass is 9.79. The van der Waals surface area contributed by atoms with E-state index in [-0.39, 0.29) is 17.2 Å². The molecule has 0 aromatic carbocycles. The van der Waals surface area contributed by atoms with Gasteiger partial charge in [-0.1, -0.05) is 19.0 Å². The maximum atomic E-state index is 13.3. The van der Waals surface area contributed by atoms with Crippen LogP contribution in [0, 0.1) is 5.41 Å². The molecule has 2 aliphatic rings. The lowest BCUT2D eigenvalue weighted by molar-refractivity contribution is 0.0512. The van der Waals surface area contributed by atoms with Gasteiger partial charge in [0.15, 0.2) is 0 Å². The van der Waals surface area contributed by atoms with Crippen LogP contribution < -0.4 is 10.6 Å². The second-order valence-electron chi connectivity index (χ2n) is 8.64. The monoisotopic (exact) mass is 386 g/mol. The van der Waals surface area contributed by atoms with E-state index < -0.39 is 0 Å². The second-order valence-corrected chi connectivity index (χ2v) is 8.64. The number of nitrogens with one attached hydrogen (secondary N) is 2. The summed E-state index contributed by atoms with van der Waals surface area (Å²) in [6, 6.07) is 1.95. The van der Waals surface area contributed by atoms with E-state index in [2.05, 4.69) is 34.6 Å². The Kier molecular flexibility index (Phi) is 5.38. The topological polar surface area (TPSA) is 89.3 Å². The standard InChI is InChI=1S/C21H30N4O3/c1-13(2)18-17-15(10-16(14-4-5-14)24-20(17)28-25-18)19(26)23-11-21(12-27-3)6-8-22-9-7-21/h10,13-14,22H,4-9,11-12H2,1-3H3,(H,23,26). The summed E-state index contributed by atoms with van der Waals surface area (Å²) in [5, 5.41) is 11.5. The first-order valence-electron chi connectivity index (χ1n) is 10.3. The number of nitrogens with zero attached hydrogens (tertiary/aromatic N) is 2. The third-order valence-electron chi connectivity index (χ3n) is 6.02. The fourth-order valence-corrected chi connectivity index (χ4v) is 4.15. The molecule has 1 saturated carbocycles. The minimum absolute atomic E-state index is 0.0172. The Hall–Kier alpha value is -1.99. The van der Waals surface area contributed by atoms with E-state index in [4.69, 9.17) is 9.26 Å². The van der Waals surface area contributed by atoms with Crippen LogP contribution in [0.1, 0.15) is 73.1 Å². The predicted molar refractivity (Wildman–Crippen MR) is 107 cm³/mol. The van der Waals surface area contributed by atoms with Crippen molar-refractivity contribution in [3.8, 4) is 0 Å². The highest BCUT2D eigenvalue weighted by molar-refractivity contribution is 6.06. The molecule has 2 N–H and O–H groups in total. The molecular formula is C21H30N4O3. The number of amides is 1. The molecule has 2 fully saturated rings. The molecule has 28 heavy (non-hydrogen) atoms. The number of carbonyl (C=O) groups is 1. The molecule has 7 nitrogen and oxygen atoms in total. The molecule has 0 bridgehead atoms. The normalized spacial score (nSPS) is 19.3. The van der Waals surface area contributed by atoms with E-state index in [1.165, 1.54) is 0 Å². The van der Waals surface area contributed by atoms with Crippen molar-refractivity contribution in [2.24, 2.45) is 5.41 Å². The fraction of sp³-hybridized carbons (Fsp3) is 0.667. The number of rotatable bonds is 7. The van der Waals surface area contributed by atoms with Gasteiger partial charge in [0.05, 0.1) is 23.3 Å². The molecular weight excluding hydrogens is 356 g/mol. The Bertz CT molecular complexity index is 845. The van der Waals surface area contributed by atoms with Crippen LogP contribution in [0.4, 0.5) is 0 Å². The molecule has 1 amide bonds. The second kappa shape index (κ2) is 7.79. The Morgan fingerprint density at radius 1 is 1.39 bits per heavy atom. The minimum atomic E-state index is -0.0755. The van der Waals surface area contributed by atoms with Gasteiger partial charge in [-0.2, -0.15) is 0 Å². The van der Waals surface area contributed by atoms with Crippen LogP contribution in [0.2, 0.25) is 0 Å². The summed E-state index contributed by atoms with van der Waals surface area (Å²) in [5.74, 6) is 0.520. The van der Waals surface area contributed by atoms with Gasteiger partial charge in [-0.15, -0.1) is 0 Å². The Morgan fingerprint density at radius 2 is 2.14 bits per heavy atom. The van der Waals surface area contributed by atoms with Gasteiger partial charge in [0, 0.05) is 30.7 Å². The van der Waals surface area contributed by atoms with Crippen LogP contribution in [0.25, 0.3) is 11.1 Å². The number of hydrogen-bond donors (Lipinski definition) is 2. The molecule has 2 aromatic rings. The van der Waals surface area contributed by atoms with Gasteiger partial charge in [-0.3, -0.25) is 4.79 Å². The van der Waals surface area contributed by atoms with Gasteiger partial charge < -0.3 is 19.9 Å². The largest absolute Gasteiger partial charge is 0.384 e. The minimum Gasteiger partial charge on any atom is -0.384 e. The average Bonchev–Trinajstić information content (AvgIpc) is 3.45. The Labute approximate surface area is 165 Å². The molecule has 152 valence electrons. The molecule has 1 aliphatic heterocycles. The molecule has 1 saturated heterocycles. The van der Waals surface area contributed by atoms with Crippen molar-refractivity contribution in [2.45, 2.75) is 51.4 Å². The maximum absolute atomic E-state index is 13.3. The highest BCUT2D eigenvalue weighted by atomic mass is 16.5. The van der Waals surface area contributed by atoms with E-state index in [1.54, 1.807) is 7.11 Å². The summed E-state index contributed by atoms with van der Waals surface area (Å²) in [5.41, 5.74) is 2.84. The van der Waals surface area contributed by atoms with Crippen LogP contribution in [-0.4, -0.2) is 49.4 Å². The number of carbonyl (C=O) groups excluding carboxylic acids is 1. The zero-order valence-corrected chi connectivity index (χ0v) is 17.0. The summed E-state index contributed by atoms with van der Waals surface area (Å²) in [4.78, 5) is 17.9. The van der Waals surface area contributed by atoms with Gasteiger partial charge in [-0.25, -0.2) is 4.98 Å². The van der Waals surface area contributed by atoms with Gasteiger partial charge in [0.2, 0.25) is 0 Å². The molecule has 0 atom stereocenters. The number of fused-ring (bicyclic) bond motifs is 1. The summed E-state index contributed by atoms with van der Waals surface area (Å²) in [6.07, 6.45) is 4.22. The third kappa shape index (κ3) is 3.78. The molecule has 3 heterocycles. The highest BCUT2D eigenvalue weighted by Gasteiger charge is 2.34. The summed E-state index contributed by atoms with van der Waals surface area (Å²) < 4.78 is 11.0. The van der Waals surface area contributed by atoms with E-state index in [1.807, 2.05) is 6.07 Å². The van der Waals surface area contributed by atoms with Crippen LogP contribution in [-0.2, 0) is 4.74 Å². The van der Waals surface area contributed by atoms with E-state index >= 15 is 0 Å². The van der Waals surface area contributed by atoms with Crippen LogP contribution in [0.5, 0.6) is 0 Å². The number of piperidine rings is 1. The van der Waals surface area contributed by atoms with E-state index in [0.717, 1.165) is 55.5 Å². The van der Waals surface area contributed by atoms with Crippen molar-refractivity contribution in [1.82, 2.24) is 20.8 Å². The molecule has 0 spiro atoms. The zero-order chi connectivity index (χ0) is 19.7. The molecule has 0 radical (unpaired) electrons. The van der Waals surface area contributed by atoms with Crippen molar-refractivity contribution in [3.63, 3.8) is 0 Å². The first-order chi connectivity index (χ1) is 13.5. The summed E-state index contributed by atoms with van der Waals surface area (Å²) >= 11 is 0. The molecule has 1 aliphatic carbocycles. The SMILES string of the molecule is COCC1(CNC(=O)c2cc(C3CC3)nc3onc(C(C)C)c23)CCNCC1. The van der Waals surface area contributed by atoms with Gasteiger partial charge in [-0.05, 0) is 50.8 Å². The fourth-order valence-electron chi connectivity index (χ4n) is 4.15. The van der Waals surface area contributed by atoms with Gasteiger partial charge >= 0.3 is 0 Å². The van der Waals surface area contributed by atoms with Crippen LogP contribution >= 0.6 is 0 Å². The highest BCUT2D eigenvalue weighted by Crippen LogP contribution is 2.41. The first kappa shape index (κ1) is 19.3. The molecule has 4 rings (SSSR count). The third-order valence-corrected chi connectivity index (χ3v) is 6.02. The first-order valence-corrected chi connectivity index (χ1v) is 10.3. The predicted octanol–water partition coefficient (Wildman–Crippen LogP) is 2.97. The zero-order valence-electron chi connectivity index (χ0n) is 17.0. The summed E-state index contributed by atoms with van der Waals surface area (Å²) in [6.45, 7) is 7.26. The van der Waals surface area contributed by atoms with E-state index in [9.17, 15) is 4.79 Å². The quantitative estimate of drug-likeness (QED) is 0.760. The number of hydrogen-bond acceptors (Lipinski definition) is 6. The van der Waals surface area contributed by atoms with Gasteiger partial charge in [0.1, 0.15) is 0 Å². The lowest BCUT2D eigenvalue weighted by Crippen LogP contribution is -2.47. The van der Waals surface area contributed by atoms with Crippen molar-refractivity contribution >= 4 is 17.0 Å².